The maximum absolute atomic E-state index is 11.7. The number of carbonyl (C=O) groups is 1. The number of carbonyl (C=O) groups excluding carboxylic acids is 1. The van der Waals surface area contributed by atoms with Crippen LogP contribution in [0.25, 0.3) is 0 Å². The first-order valence-electron chi connectivity index (χ1n) is 7.15. The van der Waals surface area contributed by atoms with Gasteiger partial charge in [0.15, 0.2) is 0 Å². The molecule has 1 unspecified atom stereocenters. The average Bonchev–Trinajstić information content (AvgIpc) is 3.04. The van der Waals surface area contributed by atoms with E-state index in [1.54, 1.807) is 19.1 Å². The second-order valence-electron chi connectivity index (χ2n) is 6.12. The van der Waals surface area contributed by atoms with Crippen LogP contribution < -0.4 is 10.6 Å². The summed E-state index contributed by atoms with van der Waals surface area (Å²) in [6.07, 6.45) is 1.13. The van der Waals surface area contributed by atoms with Crippen LogP contribution in [0.5, 0.6) is 0 Å². The fourth-order valence-electron chi connectivity index (χ4n) is 2.39. The zero-order valence-electron chi connectivity index (χ0n) is 12.6. The van der Waals surface area contributed by atoms with Crippen LogP contribution in [0.3, 0.4) is 0 Å². The molecule has 6 heteroatoms. The van der Waals surface area contributed by atoms with Crippen molar-refractivity contribution >= 4 is 17.3 Å². The number of hydrogen-bond donors (Lipinski definition) is 2. The van der Waals surface area contributed by atoms with Crippen LogP contribution in [0.15, 0.2) is 18.2 Å². The van der Waals surface area contributed by atoms with Crippen LogP contribution >= 0.6 is 0 Å². The molecule has 0 radical (unpaired) electrons. The van der Waals surface area contributed by atoms with E-state index in [-0.39, 0.29) is 11.6 Å². The Morgan fingerprint density at radius 2 is 2.14 bits per heavy atom. The molecule has 1 atom stereocenters. The van der Waals surface area contributed by atoms with E-state index in [9.17, 15) is 14.9 Å². The highest BCUT2D eigenvalue weighted by Gasteiger charge is 2.45. The number of nitro benzene ring substituents is 1. The molecular weight excluding hydrogens is 270 g/mol. The molecule has 0 aliphatic heterocycles. The molecule has 0 spiro atoms. The minimum absolute atomic E-state index is 0.0581. The SMILES string of the molecule is CCNC(=O)c1ccc(NCC2CC2(C)C)c([N+](=O)[O-])c1. The maximum atomic E-state index is 11.7. The zero-order valence-corrected chi connectivity index (χ0v) is 12.6. The lowest BCUT2D eigenvalue weighted by atomic mass is 10.1. The summed E-state index contributed by atoms with van der Waals surface area (Å²) in [4.78, 5) is 22.5. The molecule has 0 aromatic heterocycles. The van der Waals surface area contributed by atoms with Gasteiger partial charge in [0.05, 0.1) is 4.92 Å². The van der Waals surface area contributed by atoms with E-state index in [2.05, 4.69) is 24.5 Å². The number of amides is 1. The van der Waals surface area contributed by atoms with E-state index in [1.807, 2.05) is 0 Å². The number of anilines is 1. The third-order valence-corrected chi connectivity index (χ3v) is 4.05. The van der Waals surface area contributed by atoms with Crippen molar-refractivity contribution < 1.29 is 9.72 Å². The van der Waals surface area contributed by atoms with Crippen molar-refractivity contribution in [3.8, 4) is 0 Å². The fourth-order valence-corrected chi connectivity index (χ4v) is 2.39. The molecule has 1 aliphatic rings. The summed E-state index contributed by atoms with van der Waals surface area (Å²) in [5, 5.41) is 16.9. The summed E-state index contributed by atoms with van der Waals surface area (Å²) < 4.78 is 0. The third-order valence-electron chi connectivity index (χ3n) is 4.05. The minimum atomic E-state index is -0.455. The van der Waals surface area contributed by atoms with Gasteiger partial charge in [-0.05, 0) is 36.8 Å². The van der Waals surface area contributed by atoms with Crippen LogP contribution in [-0.2, 0) is 0 Å². The van der Waals surface area contributed by atoms with Gasteiger partial charge in [0, 0.05) is 24.7 Å². The number of nitrogens with zero attached hydrogens (tertiary/aromatic N) is 1. The third kappa shape index (κ3) is 3.51. The Morgan fingerprint density at radius 3 is 2.67 bits per heavy atom. The van der Waals surface area contributed by atoms with Crippen LogP contribution in [0, 0.1) is 21.4 Å². The Labute approximate surface area is 124 Å². The van der Waals surface area contributed by atoms with Crippen molar-refractivity contribution in [1.82, 2.24) is 5.32 Å². The summed E-state index contributed by atoms with van der Waals surface area (Å²) in [6.45, 7) is 7.38. The summed E-state index contributed by atoms with van der Waals surface area (Å²) >= 11 is 0. The Morgan fingerprint density at radius 1 is 1.48 bits per heavy atom. The number of benzene rings is 1. The Hall–Kier alpha value is -2.11. The number of nitro groups is 1. The van der Waals surface area contributed by atoms with Crippen LogP contribution in [0.2, 0.25) is 0 Å². The van der Waals surface area contributed by atoms with E-state index >= 15 is 0 Å². The first kappa shape index (κ1) is 15.3. The van der Waals surface area contributed by atoms with Crippen LogP contribution in [-0.4, -0.2) is 23.9 Å². The molecule has 2 N–H and O–H groups in total. The number of nitrogens with one attached hydrogen (secondary N) is 2. The molecule has 2 rings (SSSR count). The molecule has 1 amide bonds. The van der Waals surface area contributed by atoms with E-state index in [4.69, 9.17) is 0 Å². The summed E-state index contributed by atoms with van der Waals surface area (Å²) in [5.41, 5.74) is 1.04. The maximum Gasteiger partial charge on any atom is 0.293 e. The fraction of sp³-hybridized carbons (Fsp3) is 0.533. The van der Waals surface area contributed by atoms with E-state index in [0.717, 1.165) is 6.42 Å². The van der Waals surface area contributed by atoms with Crippen molar-refractivity contribution in [2.75, 3.05) is 18.4 Å². The Kier molecular flexibility index (Phi) is 4.16. The van der Waals surface area contributed by atoms with E-state index in [1.165, 1.54) is 6.07 Å². The number of rotatable bonds is 6. The lowest BCUT2D eigenvalue weighted by Gasteiger charge is -2.09. The second kappa shape index (κ2) is 5.71. The smallest absolute Gasteiger partial charge is 0.293 e. The molecule has 114 valence electrons. The molecular formula is C15H21N3O3. The first-order chi connectivity index (χ1) is 9.85. The second-order valence-corrected chi connectivity index (χ2v) is 6.12. The molecule has 21 heavy (non-hydrogen) atoms. The van der Waals surface area contributed by atoms with Gasteiger partial charge in [0.25, 0.3) is 11.6 Å². The molecule has 1 saturated carbocycles. The summed E-state index contributed by atoms with van der Waals surface area (Å²) in [5.74, 6) is 0.246. The summed E-state index contributed by atoms with van der Waals surface area (Å²) in [7, 11) is 0. The van der Waals surface area contributed by atoms with Crippen molar-refractivity contribution in [1.29, 1.82) is 0 Å². The van der Waals surface area contributed by atoms with Gasteiger partial charge in [-0.3, -0.25) is 14.9 Å². The normalized spacial score (nSPS) is 18.9. The van der Waals surface area contributed by atoms with Crippen molar-refractivity contribution in [2.24, 2.45) is 11.3 Å². The lowest BCUT2D eigenvalue weighted by Crippen LogP contribution is -2.22. The highest BCUT2D eigenvalue weighted by molar-refractivity contribution is 5.95. The van der Waals surface area contributed by atoms with Gasteiger partial charge in [0.1, 0.15) is 5.69 Å². The predicted molar refractivity (Wildman–Crippen MR) is 81.5 cm³/mol. The number of hydrogen-bond acceptors (Lipinski definition) is 4. The quantitative estimate of drug-likeness (QED) is 0.623. The molecule has 6 nitrogen and oxygen atoms in total. The minimum Gasteiger partial charge on any atom is -0.379 e. The molecule has 1 aliphatic carbocycles. The average molecular weight is 291 g/mol. The van der Waals surface area contributed by atoms with Crippen LogP contribution in [0.1, 0.15) is 37.6 Å². The zero-order chi connectivity index (χ0) is 15.6. The molecule has 0 bridgehead atoms. The van der Waals surface area contributed by atoms with Gasteiger partial charge in [-0.25, -0.2) is 0 Å². The van der Waals surface area contributed by atoms with Crippen LogP contribution in [0.4, 0.5) is 11.4 Å². The first-order valence-corrected chi connectivity index (χ1v) is 7.15. The highest BCUT2D eigenvalue weighted by Crippen LogP contribution is 2.51. The summed E-state index contributed by atoms with van der Waals surface area (Å²) in [6, 6.07) is 4.54. The lowest BCUT2D eigenvalue weighted by molar-refractivity contribution is -0.384. The standard InChI is InChI=1S/C15H21N3O3/c1-4-16-14(19)10-5-6-12(13(7-10)18(20)21)17-9-11-8-15(11,2)3/h5-7,11,17H,4,8-9H2,1-3H3,(H,16,19). The monoisotopic (exact) mass is 291 g/mol. The molecule has 0 heterocycles. The van der Waals surface area contributed by atoms with Gasteiger partial charge in [-0.1, -0.05) is 13.8 Å². The molecule has 1 aromatic rings. The van der Waals surface area contributed by atoms with Gasteiger partial charge in [-0.2, -0.15) is 0 Å². The molecule has 1 aromatic carbocycles. The molecule has 1 fully saturated rings. The largest absolute Gasteiger partial charge is 0.379 e. The van der Waals surface area contributed by atoms with Crippen molar-refractivity contribution in [3.63, 3.8) is 0 Å². The van der Waals surface area contributed by atoms with E-state index in [0.29, 0.717) is 35.7 Å². The van der Waals surface area contributed by atoms with E-state index < -0.39 is 4.92 Å². The van der Waals surface area contributed by atoms with Gasteiger partial charge >= 0.3 is 0 Å². The predicted octanol–water partition coefficient (Wildman–Crippen LogP) is 2.80. The van der Waals surface area contributed by atoms with Gasteiger partial charge in [0.2, 0.25) is 0 Å². The Bertz CT molecular complexity index is 569. The molecule has 0 saturated heterocycles. The van der Waals surface area contributed by atoms with Gasteiger partial charge in [-0.15, -0.1) is 0 Å². The topological polar surface area (TPSA) is 84.3 Å². The Balaban J connectivity index is 2.13. The van der Waals surface area contributed by atoms with Crippen molar-refractivity contribution in [3.05, 3.63) is 33.9 Å². The van der Waals surface area contributed by atoms with Gasteiger partial charge < -0.3 is 10.6 Å². The highest BCUT2D eigenvalue weighted by atomic mass is 16.6. The van der Waals surface area contributed by atoms with Crippen molar-refractivity contribution in [2.45, 2.75) is 27.2 Å².